The predicted octanol–water partition coefficient (Wildman–Crippen LogP) is 2.60. The molecule has 0 saturated heterocycles. The number of carboxylic acids is 2. The van der Waals surface area contributed by atoms with E-state index in [2.05, 4.69) is 19.0 Å². The molecular formula is C22H24N2O6. The third-order valence-corrected chi connectivity index (χ3v) is 4.34. The number of nitrogens with zero attached hydrogens (tertiary/aromatic N) is 2. The van der Waals surface area contributed by atoms with Gasteiger partial charge >= 0.3 is 11.9 Å². The van der Waals surface area contributed by atoms with Crippen LogP contribution in [0.3, 0.4) is 0 Å². The van der Waals surface area contributed by atoms with E-state index < -0.39 is 11.9 Å². The topological polar surface area (TPSA) is 109 Å². The lowest BCUT2D eigenvalue weighted by Crippen LogP contribution is -2.15. The Balaban J connectivity index is 0.000000469. The average molecular weight is 412 g/mol. The molecule has 0 bridgehead atoms. The Bertz CT molecular complexity index is 1030. The summed E-state index contributed by atoms with van der Waals surface area (Å²) in [6, 6.07) is 15.2. The zero-order valence-electron chi connectivity index (χ0n) is 17.0. The molecular weight excluding hydrogens is 388 g/mol. The Labute approximate surface area is 173 Å². The van der Waals surface area contributed by atoms with Gasteiger partial charge in [0.1, 0.15) is 5.75 Å². The van der Waals surface area contributed by atoms with Crippen molar-refractivity contribution in [2.75, 3.05) is 27.7 Å². The Morgan fingerprint density at radius 1 is 1.00 bits per heavy atom. The largest absolute Gasteiger partial charge is 0.497 e. The number of aromatic nitrogens is 1. The number of likely N-dealkylation sites (N-methyl/N-ethyl adjacent to an activating group) is 1. The maximum absolute atomic E-state index is 12.9. The highest BCUT2D eigenvalue weighted by molar-refractivity contribution is 6.27. The molecule has 0 fully saturated rings. The minimum atomic E-state index is -1.82. The quantitative estimate of drug-likeness (QED) is 0.620. The van der Waals surface area contributed by atoms with Gasteiger partial charge in [0.25, 0.3) is 5.91 Å². The van der Waals surface area contributed by atoms with Crippen LogP contribution in [0.4, 0.5) is 0 Å². The van der Waals surface area contributed by atoms with Gasteiger partial charge in [-0.15, -0.1) is 0 Å². The van der Waals surface area contributed by atoms with Crippen molar-refractivity contribution in [1.29, 1.82) is 0 Å². The van der Waals surface area contributed by atoms with Gasteiger partial charge in [0.2, 0.25) is 0 Å². The van der Waals surface area contributed by atoms with E-state index in [1.54, 1.807) is 11.7 Å². The van der Waals surface area contributed by atoms with Gasteiger partial charge in [0.05, 0.1) is 12.6 Å². The highest BCUT2D eigenvalue weighted by atomic mass is 16.5. The molecule has 0 atom stereocenters. The molecule has 8 heteroatoms. The Morgan fingerprint density at radius 3 is 2.17 bits per heavy atom. The zero-order valence-corrected chi connectivity index (χ0v) is 17.0. The fourth-order valence-corrected chi connectivity index (χ4v) is 2.84. The van der Waals surface area contributed by atoms with Crippen molar-refractivity contribution in [3.8, 4) is 5.75 Å². The molecule has 0 spiro atoms. The number of benzene rings is 2. The molecule has 0 amide bonds. The summed E-state index contributed by atoms with van der Waals surface area (Å²) in [7, 11) is 5.76. The fourth-order valence-electron chi connectivity index (χ4n) is 2.84. The van der Waals surface area contributed by atoms with Crippen LogP contribution in [0.5, 0.6) is 5.75 Å². The SMILES string of the molecule is COc1ccc2c(c1)c(CCN(C)C)cn2C(=O)c1ccccc1.O=C(O)C(=O)O. The number of aliphatic carboxylic acids is 2. The summed E-state index contributed by atoms with van der Waals surface area (Å²) < 4.78 is 7.10. The number of rotatable bonds is 5. The van der Waals surface area contributed by atoms with E-state index in [0.29, 0.717) is 5.56 Å². The zero-order chi connectivity index (χ0) is 22.3. The predicted molar refractivity (Wildman–Crippen MR) is 112 cm³/mol. The molecule has 0 aliphatic rings. The Kier molecular flexibility index (Phi) is 7.71. The first kappa shape index (κ1) is 22.6. The number of carboxylic acid groups (broad SMARTS) is 2. The minimum absolute atomic E-state index is 0.0122. The van der Waals surface area contributed by atoms with Gasteiger partial charge < -0.3 is 19.8 Å². The van der Waals surface area contributed by atoms with Gasteiger partial charge in [-0.1, -0.05) is 18.2 Å². The average Bonchev–Trinajstić information content (AvgIpc) is 3.10. The van der Waals surface area contributed by atoms with Crippen molar-refractivity contribution in [2.45, 2.75) is 6.42 Å². The molecule has 0 aliphatic carbocycles. The second-order valence-corrected chi connectivity index (χ2v) is 6.74. The summed E-state index contributed by atoms with van der Waals surface area (Å²) in [4.78, 5) is 33.2. The van der Waals surface area contributed by atoms with E-state index in [1.165, 1.54) is 0 Å². The van der Waals surface area contributed by atoms with E-state index in [1.807, 2.05) is 54.7 Å². The lowest BCUT2D eigenvalue weighted by Gasteiger charge is -2.08. The summed E-state index contributed by atoms with van der Waals surface area (Å²) in [5.74, 6) is -2.86. The molecule has 0 aliphatic heterocycles. The van der Waals surface area contributed by atoms with Crippen LogP contribution in [0, 0.1) is 0 Å². The van der Waals surface area contributed by atoms with Crippen molar-refractivity contribution >= 4 is 28.7 Å². The van der Waals surface area contributed by atoms with Crippen LogP contribution in [0.1, 0.15) is 15.9 Å². The van der Waals surface area contributed by atoms with Crippen LogP contribution < -0.4 is 4.74 Å². The van der Waals surface area contributed by atoms with E-state index in [9.17, 15) is 4.79 Å². The summed E-state index contributed by atoms with van der Waals surface area (Å²) >= 11 is 0. The molecule has 8 nitrogen and oxygen atoms in total. The highest BCUT2D eigenvalue weighted by Gasteiger charge is 2.16. The first-order valence-electron chi connectivity index (χ1n) is 9.13. The molecule has 1 heterocycles. The van der Waals surface area contributed by atoms with E-state index in [4.69, 9.17) is 24.5 Å². The summed E-state index contributed by atoms with van der Waals surface area (Å²) in [6.45, 7) is 0.926. The second-order valence-electron chi connectivity index (χ2n) is 6.74. The molecule has 3 rings (SSSR count). The number of hydrogen-bond donors (Lipinski definition) is 2. The van der Waals surface area contributed by atoms with Crippen molar-refractivity contribution in [2.24, 2.45) is 0 Å². The van der Waals surface area contributed by atoms with Gasteiger partial charge in [0, 0.05) is 23.7 Å². The lowest BCUT2D eigenvalue weighted by molar-refractivity contribution is -0.159. The standard InChI is InChI=1S/C20H22N2O2.C2H2O4/c1-21(2)12-11-16-14-22(20(23)15-7-5-4-6-8-15)19-10-9-17(24-3)13-18(16)19;3-1(4)2(5)6/h4-10,13-14H,11-12H2,1-3H3;(H,3,4)(H,5,6). The van der Waals surface area contributed by atoms with Crippen molar-refractivity contribution in [1.82, 2.24) is 9.47 Å². The number of ether oxygens (including phenoxy) is 1. The monoisotopic (exact) mass is 412 g/mol. The highest BCUT2D eigenvalue weighted by Crippen LogP contribution is 2.27. The third kappa shape index (κ3) is 5.68. The van der Waals surface area contributed by atoms with Crippen LogP contribution in [-0.4, -0.2) is 65.3 Å². The molecule has 2 aromatic carbocycles. The van der Waals surface area contributed by atoms with Gasteiger partial charge in [-0.3, -0.25) is 9.36 Å². The maximum Gasteiger partial charge on any atom is 0.414 e. The van der Waals surface area contributed by atoms with Crippen LogP contribution in [0.25, 0.3) is 10.9 Å². The molecule has 0 unspecified atom stereocenters. The number of carbonyl (C=O) groups is 3. The van der Waals surface area contributed by atoms with Crippen LogP contribution >= 0.6 is 0 Å². The van der Waals surface area contributed by atoms with E-state index in [0.717, 1.165) is 35.2 Å². The smallest absolute Gasteiger partial charge is 0.414 e. The van der Waals surface area contributed by atoms with Gasteiger partial charge in [-0.25, -0.2) is 9.59 Å². The number of carbonyl (C=O) groups excluding carboxylic acids is 1. The Morgan fingerprint density at radius 2 is 1.63 bits per heavy atom. The molecule has 1 aromatic heterocycles. The number of methoxy groups -OCH3 is 1. The molecule has 158 valence electrons. The Hall–Kier alpha value is -3.65. The second kappa shape index (κ2) is 10.2. The maximum atomic E-state index is 12.9. The molecule has 0 radical (unpaired) electrons. The van der Waals surface area contributed by atoms with Crippen LogP contribution in [0.15, 0.2) is 54.7 Å². The lowest BCUT2D eigenvalue weighted by atomic mass is 10.1. The molecule has 30 heavy (non-hydrogen) atoms. The fraction of sp³-hybridized carbons (Fsp3) is 0.227. The first-order valence-corrected chi connectivity index (χ1v) is 9.13. The molecule has 2 N–H and O–H groups in total. The van der Waals surface area contributed by atoms with Crippen molar-refractivity contribution < 1.29 is 29.3 Å². The number of fused-ring (bicyclic) bond motifs is 1. The summed E-state index contributed by atoms with van der Waals surface area (Å²) in [5, 5.41) is 15.9. The van der Waals surface area contributed by atoms with Gasteiger partial charge in [0.15, 0.2) is 0 Å². The van der Waals surface area contributed by atoms with Gasteiger partial charge in [-0.2, -0.15) is 0 Å². The molecule has 3 aromatic rings. The van der Waals surface area contributed by atoms with Crippen LogP contribution in [-0.2, 0) is 16.0 Å². The van der Waals surface area contributed by atoms with Gasteiger partial charge in [-0.05, 0) is 56.4 Å². The van der Waals surface area contributed by atoms with E-state index >= 15 is 0 Å². The summed E-state index contributed by atoms with van der Waals surface area (Å²) in [6.07, 6.45) is 2.84. The first-order chi connectivity index (χ1) is 14.2. The van der Waals surface area contributed by atoms with Crippen molar-refractivity contribution in [3.05, 3.63) is 65.9 Å². The molecule has 0 saturated carbocycles. The summed E-state index contributed by atoms with van der Waals surface area (Å²) in [5.41, 5.74) is 2.75. The van der Waals surface area contributed by atoms with Crippen LogP contribution in [0.2, 0.25) is 0 Å². The number of hydrogen-bond acceptors (Lipinski definition) is 5. The van der Waals surface area contributed by atoms with Crippen molar-refractivity contribution in [3.63, 3.8) is 0 Å². The third-order valence-electron chi connectivity index (χ3n) is 4.34. The van der Waals surface area contributed by atoms with E-state index in [-0.39, 0.29) is 5.91 Å². The normalized spacial score (nSPS) is 10.4. The minimum Gasteiger partial charge on any atom is -0.497 e.